The van der Waals surface area contributed by atoms with Crippen molar-refractivity contribution in [3.63, 3.8) is 0 Å². The third kappa shape index (κ3) is 2.44. The molecule has 3 heterocycles. The third-order valence-electron chi connectivity index (χ3n) is 3.38. The Morgan fingerprint density at radius 2 is 2.40 bits per heavy atom. The maximum Gasteiger partial charge on any atom is 0.273 e. The fraction of sp³-hybridized carbons (Fsp3) is 0.357. The number of aromatic nitrogens is 2. The van der Waals surface area contributed by atoms with Crippen molar-refractivity contribution in [3.05, 3.63) is 45.7 Å². The van der Waals surface area contributed by atoms with E-state index in [-0.39, 0.29) is 11.9 Å². The zero-order valence-electron chi connectivity index (χ0n) is 11.2. The van der Waals surface area contributed by atoms with Gasteiger partial charge in [-0.3, -0.25) is 9.78 Å². The van der Waals surface area contributed by atoms with Crippen LogP contribution in [0.2, 0.25) is 0 Å². The van der Waals surface area contributed by atoms with Gasteiger partial charge in [-0.15, -0.1) is 11.3 Å². The Bertz CT molecular complexity index is 638. The minimum Gasteiger partial charge on any atom is -0.332 e. The predicted octanol–water partition coefficient (Wildman–Crippen LogP) is 1.76. The predicted molar refractivity (Wildman–Crippen MR) is 77.4 cm³/mol. The van der Waals surface area contributed by atoms with Crippen molar-refractivity contribution in [2.24, 2.45) is 5.73 Å². The second-order valence-electron chi connectivity index (χ2n) is 4.95. The number of carbonyl (C=O) groups is 1. The molecule has 0 bridgehead atoms. The molecule has 0 aliphatic carbocycles. The Morgan fingerprint density at radius 3 is 3.15 bits per heavy atom. The van der Waals surface area contributed by atoms with Crippen LogP contribution in [0, 0.1) is 0 Å². The van der Waals surface area contributed by atoms with Gasteiger partial charge >= 0.3 is 0 Å². The van der Waals surface area contributed by atoms with Gasteiger partial charge in [-0.05, 0) is 18.6 Å². The highest BCUT2D eigenvalue weighted by molar-refractivity contribution is 7.09. The average molecular weight is 288 g/mol. The molecule has 0 aromatic carbocycles. The molecular weight excluding hydrogens is 272 g/mol. The van der Waals surface area contributed by atoms with E-state index >= 15 is 0 Å². The number of pyridine rings is 1. The Kier molecular flexibility index (Phi) is 3.50. The minimum atomic E-state index is -0.132. The SMILES string of the molecule is CC(N)c1nc(C(=O)N2CCc3ncccc3C2)cs1. The van der Waals surface area contributed by atoms with Crippen molar-refractivity contribution in [1.29, 1.82) is 0 Å². The molecule has 1 aliphatic rings. The van der Waals surface area contributed by atoms with Crippen LogP contribution in [-0.4, -0.2) is 27.3 Å². The minimum absolute atomic E-state index is 0.0253. The van der Waals surface area contributed by atoms with Crippen molar-refractivity contribution < 1.29 is 4.79 Å². The van der Waals surface area contributed by atoms with E-state index in [1.54, 1.807) is 11.6 Å². The normalized spacial score (nSPS) is 15.8. The van der Waals surface area contributed by atoms with Gasteiger partial charge in [0.05, 0.1) is 6.04 Å². The maximum atomic E-state index is 12.5. The van der Waals surface area contributed by atoms with E-state index < -0.39 is 0 Å². The third-order valence-corrected chi connectivity index (χ3v) is 4.43. The quantitative estimate of drug-likeness (QED) is 0.914. The van der Waals surface area contributed by atoms with Gasteiger partial charge in [-0.2, -0.15) is 0 Å². The molecule has 0 saturated heterocycles. The second kappa shape index (κ2) is 5.30. The molecule has 1 aliphatic heterocycles. The first-order valence-corrected chi connectivity index (χ1v) is 7.46. The van der Waals surface area contributed by atoms with Gasteiger partial charge in [0.1, 0.15) is 10.7 Å². The molecule has 1 atom stereocenters. The lowest BCUT2D eigenvalue weighted by Crippen LogP contribution is -2.36. The standard InChI is InChI=1S/C14H16N4OS/c1-9(15)13-17-12(8-20-13)14(19)18-6-4-11-10(7-18)3-2-5-16-11/h2-3,5,8-9H,4,6-7,15H2,1H3. The number of nitrogens with two attached hydrogens (primary N) is 1. The highest BCUT2D eigenvalue weighted by Crippen LogP contribution is 2.21. The summed E-state index contributed by atoms with van der Waals surface area (Å²) in [6, 6.07) is 3.80. The summed E-state index contributed by atoms with van der Waals surface area (Å²) in [5.74, 6) is -0.0253. The van der Waals surface area contributed by atoms with Gasteiger partial charge in [-0.1, -0.05) is 6.07 Å². The van der Waals surface area contributed by atoms with Gasteiger partial charge in [-0.25, -0.2) is 4.98 Å². The molecule has 2 aromatic rings. The van der Waals surface area contributed by atoms with Gasteiger partial charge in [0.25, 0.3) is 5.91 Å². The number of amides is 1. The molecule has 0 spiro atoms. The molecule has 0 fully saturated rings. The summed E-state index contributed by atoms with van der Waals surface area (Å²) in [5.41, 5.74) is 8.49. The first-order chi connectivity index (χ1) is 9.65. The van der Waals surface area contributed by atoms with Crippen LogP contribution >= 0.6 is 11.3 Å². The number of carbonyl (C=O) groups excluding carboxylic acids is 1. The molecule has 3 rings (SSSR count). The summed E-state index contributed by atoms with van der Waals surface area (Å²) in [4.78, 5) is 23.0. The molecule has 104 valence electrons. The molecule has 6 heteroatoms. The van der Waals surface area contributed by atoms with Gasteiger partial charge < -0.3 is 10.6 Å². The number of rotatable bonds is 2. The van der Waals surface area contributed by atoms with Gasteiger partial charge in [0.2, 0.25) is 0 Å². The van der Waals surface area contributed by atoms with E-state index in [4.69, 9.17) is 5.73 Å². The summed E-state index contributed by atoms with van der Waals surface area (Å²) >= 11 is 1.44. The largest absolute Gasteiger partial charge is 0.332 e. The average Bonchev–Trinajstić information content (AvgIpc) is 2.96. The summed E-state index contributed by atoms with van der Waals surface area (Å²) in [7, 11) is 0. The number of hydrogen-bond acceptors (Lipinski definition) is 5. The second-order valence-corrected chi connectivity index (χ2v) is 5.84. The van der Waals surface area contributed by atoms with E-state index in [1.807, 2.05) is 24.0 Å². The fourth-order valence-corrected chi connectivity index (χ4v) is 3.05. The molecule has 20 heavy (non-hydrogen) atoms. The monoisotopic (exact) mass is 288 g/mol. The molecule has 1 unspecified atom stereocenters. The highest BCUT2D eigenvalue weighted by atomic mass is 32.1. The van der Waals surface area contributed by atoms with Gasteiger partial charge in [0, 0.05) is 36.8 Å². The number of fused-ring (bicyclic) bond motifs is 1. The lowest BCUT2D eigenvalue weighted by Gasteiger charge is -2.27. The lowest BCUT2D eigenvalue weighted by atomic mass is 10.1. The maximum absolute atomic E-state index is 12.5. The van der Waals surface area contributed by atoms with Crippen LogP contribution in [0.5, 0.6) is 0 Å². The van der Waals surface area contributed by atoms with E-state index in [0.717, 1.165) is 22.7 Å². The highest BCUT2D eigenvalue weighted by Gasteiger charge is 2.24. The molecule has 2 aromatic heterocycles. The molecule has 5 nitrogen and oxygen atoms in total. The smallest absolute Gasteiger partial charge is 0.273 e. The Hall–Kier alpha value is -1.79. The summed E-state index contributed by atoms with van der Waals surface area (Å²) < 4.78 is 0. The van der Waals surface area contributed by atoms with Crippen molar-refractivity contribution in [1.82, 2.24) is 14.9 Å². The number of thiazole rings is 1. The van der Waals surface area contributed by atoms with Crippen LogP contribution in [0.25, 0.3) is 0 Å². The van der Waals surface area contributed by atoms with Crippen molar-refractivity contribution in [3.8, 4) is 0 Å². The fourth-order valence-electron chi connectivity index (χ4n) is 2.30. The summed E-state index contributed by atoms with van der Waals surface area (Å²) in [5, 5.41) is 2.59. The molecule has 1 amide bonds. The summed E-state index contributed by atoms with van der Waals surface area (Å²) in [6.07, 6.45) is 2.60. The van der Waals surface area contributed by atoms with Gasteiger partial charge in [0.15, 0.2) is 0 Å². The zero-order chi connectivity index (χ0) is 14.1. The number of hydrogen-bond donors (Lipinski definition) is 1. The van der Waals surface area contributed by atoms with Crippen LogP contribution < -0.4 is 5.73 Å². The Labute approximate surface area is 121 Å². The first kappa shape index (κ1) is 13.2. The summed E-state index contributed by atoms with van der Waals surface area (Å²) in [6.45, 7) is 3.16. The van der Waals surface area contributed by atoms with Crippen LogP contribution in [0.1, 0.15) is 39.7 Å². The topological polar surface area (TPSA) is 72.1 Å². The van der Waals surface area contributed by atoms with Crippen molar-refractivity contribution in [2.45, 2.75) is 25.9 Å². The van der Waals surface area contributed by atoms with E-state index in [9.17, 15) is 4.79 Å². The van der Waals surface area contributed by atoms with Crippen LogP contribution in [0.15, 0.2) is 23.7 Å². The van der Waals surface area contributed by atoms with Crippen LogP contribution in [-0.2, 0) is 13.0 Å². The lowest BCUT2D eigenvalue weighted by molar-refractivity contribution is 0.0728. The Morgan fingerprint density at radius 1 is 1.55 bits per heavy atom. The molecule has 2 N–H and O–H groups in total. The van der Waals surface area contributed by atoms with E-state index in [2.05, 4.69) is 9.97 Å². The molecular formula is C14H16N4OS. The van der Waals surface area contributed by atoms with E-state index in [1.165, 1.54) is 11.3 Å². The zero-order valence-corrected chi connectivity index (χ0v) is 12.1. The Balaban J connectivity index is 1.78. The van der Waals surface area contributed by atoms with Crippen molar-refractivity contribution >= 4 is 17.2 Å². The van der Waals surface area contributed by atoms with E-state index in [0.29, 0.717) is 18.8 Å². The molecule has 0 saturated carbocycles. The van der Waals surface area contributed by atoms with Crippen LogP contribution in [0.3, 0.4) is 0 Å². The number of nitrogens with zero attached hydrogens (tertiary/aromatic N) is 3. The molecule has 0 radical (unpaired) electrons. The first-order valence-electron chi connectivity index (χ1n) is 6.58. The van der Waals surface area contributed by atoms with Crippen LogP contribution in [0.4, 0.5) is 0 Å². The van der Waals surface area contributed by atoms with Crippen molar-refractivity contribution in [2.75, 3.05) is 6.54 Å².